The summed E-state index contributed by atoms with van der Waals surface area (Å²) in [6, 6.07) is 2.62. The lowest BCUT2D eigenvalue weighted by molar-refractivity contribution is 0.149. The molecule has 0 saturated carbocycles. The maximum absolute atomic E-state index is 12.6. The molecule has 0 amide bonds. The summed E-state index contributed by atoms with van der Waals surface area (Å²) in [6.07, 6.45) is -2.66. The van der Waals surface area contributed by atoms with Gasteiger partial charge in [-0.2, -0.15) is 0 Å². The average Bonchev–Trinajstić information content (AvgIpc) is 2.07. The predicted molar refractivity (Wildman–Crippen MR) is 52.2 cm³/mol. The summed E-state index contributed by atoms with van der Waals surface area (Å²) in [5.74, 6) is -0.308. The Morgan fingerprint density at radius 3 is 2.14 bits per heavy atom. The first kappa shape index (κ1) is 11.2. The van der Waals surface area contributed by atoms with Crippen LogP contribution in [0.15, 0.2) is 12.1 Å². The van der Waals surface area contributed by atoms with E-state index in [2.05, 4.69) is 0 Å². The van der Waals surface area contributed by atoms with E-state index in [0.29, 0.717) is 0 Å². The van der Waals surface area contributed by atoms with Crippen LogP contribution in [0.25, 0.3) is 0 Å². The third kappa shape index (κ3) is 1.98. The molecule has 0 unspecified atom stereocenters. The van der Waals surface area contributed by atoms with Crippen molar-refractivity contribution in [3.05, 3.63) is 28.3 Å². The third-order valence-corrected chi connectivity index (χ3v) is 2.34. The number of hydrogen-bond acceptors (Lipinski definition) is 1. The van der Waals surface area contributed by atoms with E-state index in [0.717, 1.165) is 0 Å². The Bertz CT molecular complexity index is 304. The SMILES string of the molecule is CC(C)c1c(O)ccc(Cl)c1C(F)F. The Kier molecular flexibility index (Phi) is 3.32. The molecule has 0 heterocycles. The van der Waals surface area contributed by atoms with Crippen LogP contribution in [0.4, 0.5) is 8.78 Å². The first-order valence-electron chi connectivity index (χ1n) is 4.24. The number of aromatic hydroxyl groups is 1. The maximum atomic E-state index is 12.6. The molecule has 1 nitrogen and oxygen atoms in total. The summed E-state index contributed by atoms with van der Waals surface area (Å²) < 4.78 is 25.3. The minimum Gasteiger partial charge on any atom is -0.508 e. The lowest BCUT2D eigenvalue weighted by atomic mass is 9.96. The van der Waals surface area contributed by atoms with Crippen molar-refractivity contribution in [2.75, 3.05) is 0 Å². The van der Waals surface area contributed by atoms with Gasteiger partial charge in [-0.05, 0) is 18.1 Å². The molecular weight excluding hydrogens is 210 g/mol. The van der Waals surface area contributed by atoms with Crippen LogP contribution >= 0.6 is 11.6 Å². The molecule has 0 aromatic heterocycles. The molecule has 0 aliphatic carbocycles. The number of alkyl halides is 2. The van der Waals surface area contributed by atoms with E-state index in [-0.39, 0.29) is 27.8 Å². The highest BCUT2D eigenvalue weighted by Gasteiger charge is 2.21. The number of hydrogen-bond donors (Lipinski definition) is 1. The first-order chi connectivity index (χ1) is 6.45. The van der Waals surface area contributed by atoms with Gasteiger partial charge in [0, 0.05) is 16.1 Å². The lowest BCUT2D eigenvalue weighted by Crippen LogP contribution is -1.98. The summed E-state index contributed by atoms with van der Waals surface area (Å²) in [6.45, 7) is 3.47. The zero-order valence-corrected chi connectivity index (χ0v) is 8.65. The van der Waals surface area contributed by atoms with Crippen molar-refractivity contribution >= 4 is 11.6 Å². The van der Waals surface area contributed by atoms with Gasteiger partial charge in [-0.3, -0.25) is 0 Å². The van der Waals surface area contributed by atoms with Gasteiger partial charge >= 0.3 is 0 Å². The van der Waals surface area contributed by atoms with Crippen LogP contribution in [0.3, 0.4) is 0 Å². The summed E-state index contributed by atoms with van der Waals surface area (Å²) >= 11 is 5.65. The van der Waals surface area contributed by atoms with Crippen LogP contribution in [0.1, 0.15) is 37.3 Å². The van der Waals surface area contributed by atoms with Crippen molar-refractivity contribution in [2.24, 2.45) is 0 Å². The number of rotatable bonds is 2. The predicted octanol–water partition coefficient (Wildman–Crippen LogP) is 4.11. The van der Waals surface area contributed by atoms with Crippen LogP contribution in [-0.2, 0) is 0 Å². The Labute approximate surface area is 86.3 Å². The van der Waals surface area contributed by atoms with Gasteiger partial charge in [0.25, 0.3) is 6.43 Å². The summed E-state index contributed by atoms with van der Waals surface area (Å²) in [5, 5.41) is 9.44. The zero-order chi connectivity index (χ0) is 10.9. The minimum absolute atomic E-state index is 0.00139. The van der Waals surface area contributed by atoms with E-state index < -0.39 is 6.43 Å². The second kappa shape index (κ2) is 4.13. The smallest absolute Gasteiger partial charge is 0.265 e. The summed E-state index contributed by atoms with van der Waals surface area (Å²) in [4.78, 5) is 0. The number of benzene rings is 1. The van der Waals surface area contributed by atoms with Gasteiger partial charge in [0.15, 0.2) is 0 Å². The number of phenolic OH excluding ortho intramolecular Hbond substituents is 1. The summed E-state index contributed by atoms with van der Waals surface area (Å²) in [5.41, 5.74) is -0.0332. The fourth-order valence-electron chi connectivity index (χ4n) is 1.43. The Morgan fingerprint density at radius 2 is 1.79 bits per heavy atom. The fraction of sp³-hybridized carbons (Fsp3) is 0.400. The number of phenols is 1. The van der Waals surface area contributed by atoms with Crippen molar-refractivity contribution in [3.63, 3.8) is 0 Å². The molecule has 0 radical (unpaired) electrons. The molecule has 1 N–H and O–H groups in total. The average molecular weight is 221 g/mol. The molecule has 0 fully saturated rings. The van der Waals surface area contributed by atoms with Crippen molar-refractivity contribution in [1.82, 2.24) is 0 Å². The highest BCUT2D eigenvalue weighted by molar-refractivity contribution is 6.31. The zero-order valence-electron chi connectivity index (χ0n) is 7.89. The Balaban J connectivity index is 3.42. The van der Waals surface area contributed by atoms with Gasteiger partial charge in [-0.1, -0.05) is 25.4 Å². The van der Waals surface area contributed by atoms with E-state index in [4.69, 9.17) is 11.6 Å². The molecule has 78 valence electrons. The third-order valence-electron chi connectivity index (χ3n) is 2.01. The van der Waals surface area contributed by atoms with Gasteiger partial charge in [0.05, 0.1) is 0 Å². The molecule has 0 atom stereocenters. The fourth-order valence-corrected chi connectivity index (χ4v) is 1.67. The van der Waals surface area contributed by atoms with E-state index in [1.54, 1.807) is 13.8 Å². The molecule has 1 aromatic carbocycles. The highest BCUT2D eigenvalue weighted by atomic mass is 35.5. The molecule has 0 bridgehead atoms. The standard InChI is InChI=1S/C10H11ClF2O/c1-5(2)8-7(14)4-3-6(11)9(8)10(12)13/h3-5,10,14H,1-2H3. The van der Waals surface area contributed by atoms with E-state index in [9.17, 15) is 13.9 Å². The lowest BCUT2D eigenvalue weighted by Gasteiger charge is -2.15. The van der Waals surface area contributed by atoms with Crippen LogP contribution in [0, 0.1) is 0 Å². The Morgan fingerprint density at radius 1 is 1.21 bits per heavy atom. The van der Waals surface area contributed by atoms with Crippen LogP contribution in [0.2, 0.25) is 5.02 Å². The van der Waals surface area contributed by atoms with Crippen molar-refractivity contribution in [2.45, 2.75) is 26.2 Å². The maximum Gasteiger partial charge on any atom is 0.265 e. The molecule has 4 heteroatoms. The molecule has 0 aliphatic heterocycles. The quantitative estimate of drug-likeness (QED) is 0.795. The van der Waals surface area contributed by atoms with Gasteiger partial charge < -0.3 is 5.11 Å². The van der Waals surface area contributed by atoms with Gasteiger partial charge in [-0.25, -0.2) is 8.78 Å². The normalized spacial score (nSPS) is 11.4. The van der Waals surface area contributed by atoms with E-state index in [1.165, 1.54) is 12.1 Å². The van der Waals surface area contributed by atoms with Gasteiger partial charge in [-0.15, -0.1) is 0 Å². The second-order valence-corrected chi connectivity index (χ2v) is 3.76. The molecule has 14 heavy (non-hydrogen) atoms. The molecule has 1 rings (SSSR count). The van der Waals surface area contributed by atoms with Crippen molar-refractivity contribution in [1.29, 1.82) is 0 Å². The summed E-state index contributed by atoms with van der Waals surface area (Å²) in [7, 11) is 0. The topological polar surface area (TPSA) is 20.2 Å². The van der Waals surface area contributed by atoms with Gasteiger partial charge in [0.1, 0.15) is 5.75 Å². The molecule has 0 spiro atoms. The monoisotopic (exact) mass is 220 g/mol. The van der Waals surface area contributed by atoms with Crippen molar-refractivity contribution < 1.29 is 13.9 Å². The molecular formula is C10H11ClF2O. The molecule has 0 saturated heterocycles. The molecule has 1 aromatic rings. The van der Waals surface area contributed by atoms with Crippen LogP contribution in [0.5, 0.6) is 5.75 Å². The van der Waals surface area contributed by atoms with Gasteiger partial charge in [0.2, 0.25) is 0 Å². The molecule has 0 aliphatic rings. The van der Waals surface area contributed by atoms with E-state index >= 15 is 0 Å². The van der Waals surface area contributed by atoms with E-state index in [1.807, 2.05) is 0 Å². The highest BCUT2D eigenvalue weighted by Crippen LogP contribution is 2.39. The second-order valence-electron chi connectivity index (χ2n) is 3.35. The Hall–Kier alpha value is -0.830. The largest absolute Gasteiger partial charge is 0.508 e. The number of halogens is 3. The van der Waals surface area contributed by atoms with Crippen LogP contribution < -0.4 is 0 Å². The first-order valence-corrected chi connectivity index (χ1v) is 4.62. The minimum atomic E-state index is -2.66. The van der Waals surface area contributed by atoms with Crippen molar-refractivity contribution in [3.8, 4) is 5.75 Å². The van der Waals surface area contributed by atoms with Crippen LogP contribution in [-0.4, -0.2) is 5.11 Å².